The number of halogens is 1. The van der Waals surface area contributed by atoms with Crippen LogP contribution in [0.2, 0.25) is 5.02 Å². The smallest absolute Gasteiger partial charge is 0.342 e. The van der Waals surface area contributed by atoms with Crippen molar-refractivity contribution in [3.63, 3.8) is 0 Å². The number of esters is 1. The van der Waals surface area contributed by atoms with Crippen LogP contribution in [-0.4, -0.2) is 26.3 Å². The van der Waals surface area contributed by atoms with Crippen molar-refractivity contribution in [2.45, 2.75) is 26.4 Å². The summed E-state index contributed by atoms with van der Waals surface area (Å²) in [5.74, 6) is 0.272. The van der Waals surface area contributed by atoms with Crippen LogP contribution in [0.1, 0.15) is 41.6 Å². The third kappa shape index (κ3) is 3.46. The van der Waals surface area contributed by atoms with Crippen molar-refractivity contribution in [2.75, 3.05) is 0 Å². The van der Waals surface area contributed by atoms with E-state index < -0.39 is 5.97 Å². The van der Waals surface area contributed by atoms with Crippen LogP contribution < -0.4 is 0 Å². The Bertz CT molecular complexity index is 839. The molecule has 8 heteroatoms. The van der Waals surface area contributed by atoms with E-state index in [1.54, 1.807) is 24.3 Å². The highest BCUT2D eigenvalue weighted by Crippen LogP contribution is 2.20. The first-order valence-electron chi connectivity index (χ1n) is 7.33. The highest BCUT2D eigenvalue weighted by Gasteiger charge is 2.18. The number of nitrogens with zero attached hydrogens (tertiary/aromatic N) is 3. The first-order valence-corrected chi connectivity index (χ1v) is 7.71. The minimum Gasteiger partial charge on any atom is -0.454 e. The Morgan fingerprint density at radius 1 is 1.33 bits per heavy atom. The quantitative estimate of drug-likeness (QED) is 0.709. The summed E-state index contributed by atoms with van der Waals surface area (Å²) in [6.07, 6.45) is 1.45. The molecule has 0 aliphatic rings. The number of carbonyl (C=O) groups is 1. The van der Waals surface area contributed by atoms with Gasteiger partial charge in [0.2, 0.25) is 5.82 Å². The fraction of sp³-hybridized carbons (Fsp3) is 0.250. The largest absolute Gasteiger partial charge is 0.454 e. The molecule has 0 fully saturated rings. The molecule has 0 atom stereocenters. The van der Waals surface area contributed by atoms with Gasteiger partial charge in [0.15, 0.2) is 6.61 Å². The van der Waals surface area contributed by atoms with Crippen LogP contribution in [0.3, 0.4) is 0 Å². The average Bonchev–Trinajstić information content (AvgIpc) is 3.22. The van der Waals surface area contributed by atoms with Crippen molar-refractivity contribution in [3.8, 4) is 11.5 Å². The summed E-state index contributed by atoms with van der Waals surface area (Å²) >= 11 is 5.84. The molecule has 1 aromatic carbocycles. The number of rotatable bonds is 5. The maximum atomic E-state index is 12.1. The molecule has 0 amide bonds. The van der Waals surface area contributed by atoms with E-state index >= 15 is 0 Å². The van der Waals surface area contributed by atoms with Crippen molar-refractivity contribution in [1.29, 1.82) is 0 Å². The number of carbonyl (C=O) groups excluding carboxylic acids is 1. The number of aromatic nitrogens is 4. The number of nitrogens with one attached hydrogen (secondary N) is 1. The lowest BCUT2D eigenvalue weighted by Gasteiger charge is -2.05. The number of benzene rings is 1. The van der Waals surface area contributed by atoms with Crippen molar-refractivity contribution in [1.82, 2.24) is 20.3 Å². The molecule has 0 bridgehead atoms. The van der Waals surface area contributed by atoms with Gasteiger partial charge in [-0.15, -0.1) is 0 Å². The third-order valence-electron chi connectivity index (χ3n) is 3.36. The molecule has 2 heterocycles. The minimum atomic E-state index is -0.481. The van der Waals surface area contributed by atoms with Gasteiger partial charge in [-0.3, -0.25) is 5.10 Å². The Kier molecular flexibility index (Phi) is 4.61. The molecule has 3 rings (SSSR count). The molecule has 0 spiro atoms. The second kappa shape index (κ2) is 6.84. The summed E-state index contributed by atoms with van der Waals surface area (Å²) in [5, 5.41) is 11.1. The standard InChI is InChI=1S/C16H15ClN4O3/c1-9(2)14-12(7-18-20-14)16(22)23-8-13-19-15(24-21-13)10-3-5-11(17)6-4-10/h3-7,9H,8H2,1-2H3,(H,18,20). The molecule has 0 aliphatic heterocycles. The monoisotopic (exact) mass is 346 g/mol. The molecule has 7 nitrogen and oxygen atoms in total. The summed E-state index contributed by atoms with van der Waals surface area (Å²) in [6, 6.07) is 7.00. The van der Waals surface area contributed by atoms with Crippen LogP contribution in [0.4, 0.5) is 0 Å². The molecule has 24 heavy (non-hydrogen) atoms. The molecular weight excluding hydrogens is 332 g/mol. The number of ether oxygens (including phenoxy) is 1. The summed E-state index contributed by atoms with van der Waals surface area (Å²) in [6.45, 7) is 3.84. The van der Waals surface area contributed by atoms with Gasteiger partial charge < -0.3 is 9.26 Å². The zero-order valence-corrected chi connectivity index (χ0v) is 13.9. The maximum absolute atomic E-state index is 12.1. The van der Waals surface area contributed by atoms with Gasteiger partial charge in [0, 0.05) is 10.6 Å². The van der Waals surface area contributed by atoms with E-state index in [-0.39, 0.29) is 18.3 Å². The van der Waals surface area contributed by atoms with E-state index in [0.717, 1.165) is 11.3 Å². The SMILES string of the molecule is CC(C)c1[nH]ncc1C(=O)OCc1noc(-c2ccc(Cl)cc2)n1. The van der Waals surface area contributed by atoms with Crippen LogP contribution in [0.5, 0.6) is 0 Å². The topological polar surface area (TPSA) is 93.9 Å². The van der Waals surface area contributed by atoms with Gasteiger partial charge >= 0.3 is 5.97 Å². The van der Waals surface area contributed by atoms with Gasteiger partial charge in [0.1, 0.15) is 5.56 Å². The van der Waals surface area contributed by atoms with Gasteiger partial charge in [-0.25, -0.2) is 4.79 Å². The van der Waals surface area contributed by atoms with Crippen molar-refractivity contribution in [2.24, 2.45) is 0 Å². The summed E-state index contributed by atoms with van der Waals surface area (Å²) in [4.78, 5) is 16.3. The Morgan fingerprint density at radius 3 is 2.79 bits per heavy atom. The Balaban J connectivity index is 1.66. The van der Waals surface area contributed by atoms with Gasteiger partial charge in [0.05, 0.1) is 11.9 Å². The summed E-state index contributed by atoms with van der Waals surface area (Å²) < 4.78 is 10.4. The molecule has 1 N–H and O–H groups in total. The van der Waals surface area contributed by atoms with E-state index in [1.165, 1.54) is 6.20 Å². The Hall–Kier alpha value is -2.67. The summed E-state index contributed by atoms with van der Waals surface area (Å²) in [7, 11) is 0. The predicted molar refractivity (Wildman–Crippen MR) is 86.5 cm³/mol. The number of H-pyrrole nitrogens is 1. The predicted octanol–water partition coefficient (Wildman–Crippen LogP) is 3.59. The maximum Gasteiger partial charge on any atom is 0.342 e. The lowest BCUT2D eigenvalue weighted by Crippen LogP contribution is -2.08. The van der Waals surface area contributed by atoms with E-state index in [0.29, 0.717) is 16.5 Å². The number of hydrogen-bond acceptors (Lipinski definition) is 6. The van der Waals surface area contributed by atoms with Gasteiger partial charge in [-0.1, -0.05) is 30.6 Å². The van der Waals surface area contributed by atoms with E-state index in [4.69, 9.17) is 20.9 Å². The van der Waals surface area contributed by atoms with Gasteiger partial charge in [-0.2, -0.15) is 10.1 Å². The molecule has 0 saturated heterocycles. The van der Waals surface area contributed by atoms with Crippen molar-refractivity contribution < 1.29 is 14.1 Å². The normalized spacial score (nSPS) is 11.0. The van der Waals surface area contributed by atoms with Crippen LogP contribution in [0.25, 0.3) is 11.5 Å². The minimum absolute atomic E-state index is 0.0847. The highest BCUT2D eigenvalue weighted by molar-refractivity contribution is 6.30. The van der Waals surface area contributed by atoms with Crippen molar-refractivity contribution >= 4 is 17.6 Å². The second-order valence-corrected chi connectivity index (χ2v) is 5.89. The number of hydrogen-bond donors (Lipinski definition) is 1. The first-order chi connectivity index (χ1) is 11.5. The Morgan fingerprint density at radius 2 is 2.08 bits per heavy atom. The molecule has 0 aliphatic carbocycles. The molecule has 0 saturated carbocycles. The third-order valence-corrected chi connectivity index (χ3v) is 3.61. The second-order valence-electron chi connectivity index (χ2n) is 5.45. The zero-order chi connectivity index (χ0) is 17.1. The average molecular weight is 347 g/mol. The molecule has 3 aromatic rings. The Labute approximate surface area is 143 Å². The highest BCUT2D eigenvalue weighted by atomic mass is 35.5. The summed E-state index contributed by atoms with van der Waals surface area (Å²) in [5.41, 5.74) is 1.88. The van der Waals surface area contributed by atoms with Crippen LogP contribution in [0, 0.1) is 0 Å². The van der Waals surface area contributed by atoms with Crippen molar-refractivity contribution in [3.05, 3.63) is 52.6 Å². The molecule has 0 radical (unpaired) electrons. The van der Waals surface area contributed by atoms with Crippen LogP contribution in [-0.2, 0) is 11.3 Å². The van der Waals surface area contributed by atoms with Gasteiger partial charge in [-0.05, 0) is 30.2 Å². The van der Waals surface area contributed by atoms with Crippen LogP contribution >= 0.6 is 11.6 Å². The lowest BCUT2D eigenvalue weighted by molar-refractivity contribution is 0.0458. The fourth-order valence-electron chi connectivity index (χ4n) is 2.13. The van der Waals surface area contributed by atoms with E-state index in [1.807, 2.05) is 13.8 Å². The first kappa shape index (κ1) is 16.2. The molecule has 2 aromatic heterocycles. The van der Waals surface area contributed by atoms with E-state index in [9.17, 15) is 4.79 Å². The molecular formula is C16H15ClN4O3. The molecule has 0 unspecified atom stereocenters. The molecule has 124 valence electrons. The number of aromatic amines is 1. The van der Waals surface area contributed by atoms with E-state index in [2.05, 4.69) is 20.3 Å². The fourth-order valence-corrected chi connectivity index (χ4v) is 2.26. The van der Waals surface area contributed by atoms with Gasteiger partial charge in [0.25, 0.3) is 5.89 Å². The van der Waals surface area contributed by atoms with Crippen LogP contribution in [0.15, 0.2) is 35.0 Å². The zero-order valence-electron chi connectivity index (χ0n) is 13.1. The lowest BCUT2D eigenvalue weighted by atomic mass is 10.1.